The minimum absolute atomic E-state index is 0.124. The first-order valence-electron chi connectivity index (χ1n) is 5.97. The molecular formula is C11H22N2O4S. The Morgan fingerprint density at radius 2 is 1.89 bits per heavy atom. The van der Waals surface area contributed by atoms with Gasteiger partial charge in [-0.15, -0.1) is 0 Å². The molecule has 3 atom stereocenters. The number of aliphatic hydroxyl groups excluding tert-OH is 1. The van der Waals surface area contributed by atoms with Crippen LogP contribution in [-0.2, 0) is 14.6 Å². The van der Waals surface area contributed by atoms with Gasteiger partial charge in [-0.2, -0.15) is 0 Å². The number of hydrogen-bond donors (Lipinski definition) is 3. The lowest BCUT2D eigenvalue weighted by Gasteiger charge is -2.26. The molecule has 6 nitrogen and oxygen atoms in total. The normalized spacial score (nSPS) is 28.9. The second-order valence-electron chi connectivity index (χ2n) is 5.88. The Bertz CT molecular complexity index is 413. The minimum atomic E-state index is -3.20. The molecule has 0 bridgehead atoms. The van der Waals surface area contributed by atoms with E-state index in [1.807, 2.05) is 20.8 Å². The fraction of sp³-hybridized carbons (Fsp3) is 0.909. The Balaban J connectivity index is 2.55. The zero-order valence-electron chi connectivity index (χ0n) is 11.2. The highest BCUT2D eigenvalue weighted by molar-refractivity contribution is 7.91. The average molecular weight is 278 g/mol. The van der Waals surface area contributed by atoms with Crippen LogP contribution in [0.15, 0.2) is 0 Å². The molecule has 1 aliphatic rings. The molecule has 1 amide bonds. The molecule has 1 aliphatic heterocycles. The van der Waals surface area contributed by atoms with Crippen LogP contribution in [0, 0.1) is 0 Å². The molecule has 0 radical (unpaired) electrons. The topological polar surface area (TPSA) is 95.5 Å². The Hall–Kier alpha value is -0.660. The van der Waals surface area contributed by atoms with E-state index in [2.05, 4.69) is 10.6 Å². The summed E-state index contributed by atoms with van der Waals surface area (Å²) in [6, 6.07) is -1.12. The van der Waals surface area contributed by atoms with Gasteiger partial charge in [-0.25, -0.2) is 8.42 Å². The third-order valence-corrected chi connectivity index (χ3v) is 4.39. The first-order valence-corrected chi connectivity index (χ1v) is 7.79. The third kappa shape index (κ3) is 4.55. The zero-order valence-corrected chi connectivity index (χ0v) is 12.0. The first kappa shape index (κ1) is 15.4. The maximum atomic E-state index is 11.8. The van der Waals surface area contributed by atoms with Crippen molar-refractivity contribution in [2.45, 2.75) is 51.4 Å². The van der Waals surface area contributed by atoms with Crippen molar-refractivity contribution in [2.24, 2.45) is 0 Å². The van der Waals surface area contributed by atoms with Crippen LogP contribution in [0.25, 0.3) is 0 Å². The molecule has 0 aromatic carbocycles. The van der Waals surface area contributed by atoms with Gasteiger partial charge in [-0.05, 0) is 27.7 Å². The molecule has 0 aromatic heterocycles. The molecule has 1 rings (SSSR count). The SMILES string of the molecule is CC(NC1CS(=O)(=O)CC1O)C(=O)NC(C)(C)C. The van der Waals surface area contributed by atoms with Crippen LogP contribution in [0.4, 0.5) is 0 Å². The van der Waals surface area contributed by atoms with Gasteiger partial charge in [0.1, 0.15) is 0 Å². The second kappa shape index (κ2) is 5.14. The van der Waals surface area contributed by atoms with Crippen molar-refractivity contribution in [2.75, 3.05) is 11.5 Å². The van der Waals surface area contributed by atoms with E-state index in [1.165, 1.54) is 0 Å². The van der Waals surface area contributed by atoms with Gasteiger partial charge in [0.05, 0.1) is 23.7 Å². The van der Waals surface area contributed by atoms with Gasteiger partial charge in [0.25, 0.3) is 0 Å². The van der Waals surface area contributed by atoms with Gasteiger partial charge in [-0.1, -0.05) is 0 Å². The molecule has 106 valence electrons. The van der Waals surface area contributed by atoms with Crippen molar-refractivity contribution in [3.8, 4) is 0 Å². The van der Waals surface area contributed by atoms with Crippen LogP contribution in [0.2, 0.25) is 0 Å². The number of amides is 1. The van der Waals surface area contributed by atoms with Gasteiger partial charge < -0.3 is 10.4 Å². The van der Waals surface area contributed by atoms with Crippen molar-refractivity contribution in [3.63, 3.8) is 0 Å². The number of aliphatic hydroxyl groups is 1. The van der Waals surface area contributed by atoms with E-state index in [0.29, 0.717) is 0 Å². The maximum Gasteiger partial charge on any atom is 0.237 e. The fourth-order valence-corrected chi connectivity index (χ4v) is 3.62. The van der Waals surface area contributed by atoms with E-state index in [4.69, 9.17) is 0 Å². The van der Waals surface area contributed by atoms with E-state index in [1.54, 1.807) is 6.92 Å². The monoisotopic (exact) mass is 278 g/mol. The van der Waals surface area contributed by atoms with Crippen LogP contribution in [0.5, 0.6) is 0 Å². The van der Waals surface area contributed by atoms with Gasteiger partial charge in [0.15, 0.2) is 9.84 Å². The lowest BCUT2D eigenvalue weighted by molar-refractivity contribution is -0.124. The summed E-state index contributed by atoms with van der Waals surface area (Å²) in [5, 5.41) is 15.3. The molecular weight excluding hydrogens is 256 g/mol. The zero-order chi connectivity index (χ0) is 14.1. The molecule has 0 aromatic rings. The summed E-state index contributed by atoms with van der Waals surface area (Å²) in [5.41, 5.74) is -0.340. The molecule has 18 heavy (non-hydrogen) atoms. The fourth-order valence-electron chi connectivity index (χ4n) is 1.86. The van der Waals surface area contributed by atoms with Crippen molar-refractivity contribution in [1.82, 2.24) is 10.6 Å². The first-order chi connectivity index (χ1) is 8.00. The molecule has 1 fully saturated rings. The molecule has 1 saturated heterocycles. The standard InChI is InChI=1S/C11H22N2O4S/c1-7(10(15)13-11(2,3)4)12-8-5-18(16,17)6-9(8)14/h7-9,12,14H,5-6H2,1-4H3,(H,13,15). The van der Waals surface area contributed by atoms with E-state index >= 15 is 0 Å². The summed E-state index contributed by atoms with van der Waals surface area (Å²) in [7, 11) is -3.20. The van der Waals surface area contributed by atoms with E-state index in [0.717, 1.165) is 0 Å². The molecule has 0 aliphatic carbocycles. The van der Waals surface area contributed by atoms with Gasteiger partial charge >= 0.3 is 0 Å². The van der Waals surface area contributed by atoms with Crippen LogP contribution >= 0.6 is 0 Å². The average Bonchev–Trinajstić information content (AvgIpc) is 2.36. The number of nitrogens with one attached hydrogen (secondary N) is 2. The van der Waals surface area contributed by atoms with Gasteiger partial charge in [0.2, 0.25) is 5.91 Å². The number of carbonyl (C=O) groups is 1. The lowest BCUT2D eigenvalue weighted by atomic mass is 10.1. The second-order valence-corrected chi connectivity index (χ2v) is 8.03. The molecule has 7 heteroatoms. The molecule has 1 heterocycles. The molecule has 0 spiro atoms. The quantitative estimate of drug-likeness (QED) is 0.618. The molecule has 3 N–H and O–H groups in total. The Morgan fingerprint density at radius 3 is 2.28 bits per heavy atom. The number of sulfone groups is 1. The number of hydrogen-bond acceptors (Lipinski definition) is 5. The third-order valence-electron chi connectivity index (χ3n) is 2.68. The summed E-state index contributed by atoms with van der Waals surface area (Å²) >= 11 is 0. The Morgan fingerprint density at radius 1 is 1.33 bits per heavy atom. The minimum Gasteiger partial charge on any atom is -0.390 e. The highest BCUT2D eigenvalue weighted by atomic mass is 32.2. The number of carbonyl (C=O) groups excluding carboxylic acids is 1. The van der Waals surface area contributed by atoms with Crippen molar-refractivity contribution in [3.05, 3.63) is 0 Å². The van der Waals surface area contributed by atoms with Crippen LogP contribution in [-0.4, -0.2) is 54.7 Å². The maximum absolute atomic E-state index is 11.8. The van der Waals surface area contributed by atoms with Crippen LogP contribution in [0.3, 0.4) is 0 Å². The summed E-state index contributed by atoms with van der Waals surface area (Å²) in [6.45, 7) is 7.25. The highest BCUT2D eigenvalue weighted by Gasteiger charge is 2.37. The van der Waals surface area contributed by atoms with Crippen LogP contribution < -0.4 is 10.6 Å². The molecule has 3 unspecified atom stereocenters. The highest BCUT2D eigenvalue weighted by Crippen LogP contribution is 2.13. The van der Waals surface area contributed by atoms with E-state index < -0.39 is 28.0 Å². The summed E-state index contributed by atoms with van der Waals surface area (Å²) in [5.74, 6) is -0.571. The predicted octanol–water partition coefficient (Wildman–Crippen LogP) is -0.963. The van der Waals surface area contributed by atoms with Crippen LogP contribution in [0.1, 0.15) is 27.7 Å². The summed E-state index contributed by atoms with van der Waals surface area (Å²) in [6.07, 6.45) is -0.945. The Labute approximate surface area is 108 Å². The van der Waals surface area contributed by atoms with E-state index in [-0.39, 0.29) is 23.0 Å². The Kier molecular flexibility index (Phi) is 4.40. The van der Waals surface area contributed by atoms with Crippen molar-refractivity contribution in [1.29, 1.82) is 0 Å². The summed E-state index contributed by atoms with van der Waals surface area (Å²) in [4.78, 5) is 11.8. The van der Waals surface area contributed by atoms with Gasteiger partial charge in [-0.3, -0.25) is 10.1 Å². The largest absolute Gasteiger partial charge is 0.390 e. The smallest absolute Gasteiger partial charge is 0.237 e. The number of rotatable bonds is 3. The summed E-state index contributed by atoms with van der Waals surface area (Å²) < 4.78 is 22.7. The van der Waals surface area contributed by atoms with Crippen molar-refractivity contribution >= 4 is 15.7 Å². The van der Waals surface area contributed by atoms with Gasteiger partial charge in [0, 0.05) is 11.6 Å². The molecule has 0 saturated carbocycles. The van der Waals surface area contributed by atoms with E-state index in [9.17, 15) is 18.3 Å². The lowest BCUT2D eigenvalue weighted by Crippen LogP contribution is -2.54. The predicted molar refractivity (Wildman–Crippen MR) is 68.9 cm³/mol. The van der Waals surface area contributed by atoms with Crippen molar-refractivity contribution < 1.29 is 18.3 Å².